The van der Waals surface area contributed by atoms with Gasteiger partial charge in [0.15, 0.2) is 0 Å². The first-order valence-electron chi connectivity index (χ1n) is 5.24. The van der Waals surface area contributed by atoms with Crippen LogP contribution in [0.25, 0.3) is 11.0 Å². The molecule has 1 atom stereocenters. The van der Waals surface area contributed by atoms with Crippen molar-refractivity contribution in [1.82, 2.24) is 9.55 Å². The summed E-state index contributed by atoms with van der Waals surface area (Å²) in [6.45, 7) is 7.33. The van der Waals surface area contributed by atoms with Crippen molar-refractivity contribution >= 4 is 27.0 Å². The molecule has 0 aliphatic rings. The number of nitrogens with zero attached hydrogens (tertiary/aromatic N) is 2. The molecule has 0 radical (unpaired) electrons. The topological polar surface area (TPSA) is 17.8 Å². The van der Waals surface area contributed by atoms with Crippen LogP contribution in [0.1, 0.15) is 30.1 Å². The van der Waals surface area contributed by atoms with Gasteiger partial charge >= 0.3 is 0 Å². The highest BCUT2D eigenvalue weighted by atomic mass is 79.9. The second kappa shape index (κ2) is 3.97. The van der Waals surface area contributed by atoms with Crippen molar-refractivity contribution in [3.05, 3.63) is 29.6 Å². The van der Waals surface area contributed by atoms with Gasteiger partial charge in [-0.15, -0.1) is 0 Å². The standard InChI is InChI=1S/C12H15BrN2/c1-4-15-11-6-5-8(2)7-10(11)14-12(15)9(3)13/h5-7,9H,4H2,1-3H3. The third kappa shape index (κ3) is 1.81. The number of alkyl halides is 1. The number of benzene rings is 1. The van der Waals surface area contributed by atoms with Gasteiger partial charge in [-0.2, -0.15) is 0 Å². The van der Waals surface area contributed by atoms with Gasteiger partial charge in [0, 0.05) is 6.54 Å². The van der Waals surface area contributed by atoms with Crippen molar-refractivity contribution in [2.75, 3.05) is 0 Å². The van der Waals surface area contributed by atoms with Crippen LogP contribution in [0.4, 0.5) is 0 Å². The van der Waals surface area contributed by atoms with Crippen molar-refractivity contribution in [2.24, 2.45) is 0 Å². The van der Waals surface area contributed by atoms with Gasteiger partial charge in [-0.05, 0) is 38.5 Å². The van der Waals surface area contributed by atoms with E-state index in [1.165, 1.54) is 11.1 Å². The van der Waals surface area contributed by atoms with Gasteiger partial charge in [0.1, 0.15) is 5.82 Å². The Bertz CT molecular complexity index is 486. The Morgan fingerprint density at radius 1 is 1.47 bits per heavy atom. The van der Waals surface area contributed by atoms with E-state index in [2.05, 4.69) is 64.5 Å². The highest BCUT2D eigenvalue weighted by Gasteiger charge is 2.12. The molecule has 1 aromatic carbocycles. The fraction of sp³-hybridized carbons (Fsp3) is 0.417. The van der Waals surface area contributed by atoms with Crippen LogP contribution in [0.2, 0.25) is 0 Å². The minimum atomic E-state index is 0.296. The quantitative estimate of drug-likeness (QED) is 0.756. The molecule has 2 nitrogen and oxygen atoms in total. The second-order valence-electron chi connectivity index (χ2n) is 3.82. The van der Waals surface area contributed by atoms with Gasteiger partial charge in [0.05, 0.1) is 15.9 Å². The van der Waals surface area contributed by atoms with E-state index in [-0.39, 0.29) is 0 Å². The van der Waals surface area contributed by atoms with Crippen molar-refractivity contribution < 1.29 is 0 Å². The zero-order valence-corrected chi connectivity index (χ0v) is 10.9. The van der Waals surface area contributed by atoms with E-state index in [0.717, 1.165) is 17.9 Å². The van der Waals surface area contributed by atoms with Gasteiger partial charge in [-0.25, -0.2) is 4.98 Å². The summed E-state index contributed by atoms with van der Waals surface area (Å²) in [4.78, 5) is 4.96. The molecule has 0 N–H and O–H groups in total. The fourth-order valence-electron chi connectivity index (χ4n) is 1.89. The minimum Gasteiger partial charge on any atom is -0.327 e. The normalized spacial score (nSPS) is 13.3. The van der Waals surface area contributed by atoms with Crippen molar-refractivity contribution in [2.45, 2.75) is 32.1 Å². The summed E-state index contributed by atoms with van der Waals surface area (Å²) in [5.74, 6) is 1.11. The zero-order chi connectivity index (χ0) is 11.0. The number of imidazole rings is 1. The predicted molar refractivity (Wildman–Crippen MR) is 67.5 cm³/mol. The highest BCUT2D eigenvalue weighted by Crippen LogP contribution is 2.26. The van der Waals surface area contributed by atoms with E-state index in [4.69, 9.17) is 0 Å². The lowest BCUT2D eigenvalue weighted by Crippen LogP contribution is -2.01. The first-order valence-corrected chi connectivity index (χ1v) is 6.16. The van der Waals surface area contributed by atoms with Gasteiger partial charge in [-0.3, -0.25) is 0 Å². The van der Waals surface area contributed by atoms with E-state index >= 15 is 0 Å². The number of fused-ring (bicyclic) bond motifs is 1. The molecule has 0 aliphatic heterocycles. The number of hydrogen-bond acceptors (Lipinski definition) is 1. The largest absolute Gasteiger partial charge is 0.327 e. The third-order valence-electron chi connectivity index (χ3n) is 2.61. The summed E-state index contributed by atoms with van der Waals surface area (Å²) >= 11 is 3.59. The summed E-state index contributed by atoms with van der Waals surface area (Å²) in [5.41, 5.74) is 3.58. The van der Waals surface area contributed by atoms with Crippen LogP contribution in [0.15, 0.2) is 18.2 Å². The molecule has 0 saturated heterocycles. The first kappa shape index (κ1) is 10.7. The fourth-order valence-corrected chi connectivity index (χ4v) is 2.24. The van der Waals surface area contributed by atoms with Crippen LogP contribution >= 0.6 is 15.9 Å². The molecule has 1 unspecified atom stereocenters. The molecular weight excluding hydrogens is 252 g/mol. The van der Waals surface area contributed by atoms with Gasteiger partial charge in [-0.1, -0.05) is 22.0 Å². The number of aromatic nitrogens is 2. The van der Waals surface area contributed by atoms with Crippen LogP contribution in [-0.2, 0) is 6.54 Å². The first-order chi connectivity index (χ1) is 7.13. The van der Waals surface area contributed by atoms with E-state index < -0.39 is 0 Å². The Hall–Kier alpha value is -0.830. The molecule has 80 valence electrons. The lowest BCUT2D eigenvalue weighted by atomic mass is 10.2. The summed E-state index contributed by atoms with van der Waals surface area (Å²) in [6, 6.07) is 6.43. The maximum absolute atomic E-state index is 4.66. The van der Waals surface area contributed by atoms with E-state index in [0.29, 0.717) is 4.83 Å². The Balaban J connectivity index is 2.73. The average molecular weight is 267 g/mol. The Labute approximate surface area is 98.4 Å². The van der Waals surface area contributed by atoms with Crippen LogP contribution in [0.3, 0.4) is 0 Å². The zero-order valence-electron chi connectivity index (χ0n) is 9.29. The minimum absolute atomic E-state index is 0.296. The molecule has 15 heavy (non-hydrogen) atoms. The van der Waals surface area contributed by atoms with Gasteiger partial charge < -0.3 is 4.57 Å². The lowest BCUT2D eigenvalue weighted by molar-refractivity contribution is 0.723. The monoisotopic (exact) mass is 266 g/mol. The predicted octanol–water partition coefficient (Wildman–Crippen LogP) is 3.82. The molecule has 0 spiro atoms. The van der Waals surface area contributed by atoms with Crippen molar-refractivity contribution in [1.29, 1.82) is 0 Å². The molecule has 1 heterocycles. The molecule has 1 aromatic heterocycles. The van der Waals surface area contributed by atoms with Crippen LogP contribution < -0.4 is 0 Å². The maximum atomic E-state index is 4.66. The van der Waals surface area contributed by atoms with Crippen LogP contribution in [0.5, 0.6) is 0 Å². The lowest BCUT2D eigenvalue weighted by Gasteiger charge is -2.06. The van der Waals surface area contributed by atoms with Crippen LogP contribution in [0, 0.1) is 6.92 Å². The van der Waals surface area contributed by atoms with Crippen LogP contribution in [-0.4, -0.2) is 9.55 Å². The number of rotatable bonds is 2. The van der Waals surface area contributed by atoms with E-state index in [1.807, 2.05) is 0 Å². The summed E-state index contributed by atoms with van der Waals surface area (Å²) in [6.07, 6.45) is 0. The average Bonchev–Trinajstić information content (AvgIpc) is 2.55. The van der Waals surface area contributed by atoms with Gasteiger partial charge in [0.2, 0.25) is 0 Å². The van der Waals surface area contributed by atoms with E-state index in [1.54, 1.807) is 0 Å². The Morgan fingerprint density at radius 3 is 2.80 bits per heavy atom. The Kier molecular flexibility index (Phi) is 2.83. The molecule has 2 aromatic rings. The summed E-state index contributed by atoms with van der Waals surface area (Å²) < 4.78 is 2.26. The highest BCUT2D eigenvalue weighted by molar-refractivity contribution is 9.09. The molecule has 0 fully saturated rings. The number of halogens is 1. The smallest absolute Gasteiger partial charge is 0.123 e. The maximum Gasteiger partial charge on any atom is 0.123 e. The molecule has 0 amide bonds. The Morgan fingerprint density at radius 2 is 2.20 bits per heavy atom. The molecule has 3 heteroatoms. The molecular formula is C12H15BrN2. The summed E-state index contributed by atoms with van der Waals surface area (Å²) in [7, 11) is 0. The molecule has 0 saturated carbocycles. The number of aryl methyl sites for hydroxylation is 2. The summed E-state index contributed by atoms with van der Waals surface area (Å²) in [5, 5.41) is 0. The number of hydrogen-bond donors (Lipinski definition) is 0. The van der Waals surface area contributed by atoms with Gasteiger partial charge in [0.25, 0.3) is 0 Å². The van der Waals surface area contributed by atoms with Crippen molar-refractivity contribution in [3.8, 4) is 0 Å². The molecule has 0 bridgehead atoms. The SMILES string of the molecule is CCn1c(C(C)Br)nc2cc(C)ccc21. The second-order valence-corrected chi connectivity index (χ2v) is 5.20. The van der Waals surface area contributed by atoms with Crippen molar-refractivity contribution in [3.63, 3.8) is 0 Å². The molecule has 0 aliphatic carbocycles. The third-order valence-corrected chi connectivity index (χ3v) is 3.01. The molecule has 2 rings (SSSR count). The van der Waals surface area contributed by atoms with E-state index in [9.17, 15) is 0 Å².